The molecule has 12 heteroatoms. The second-order valence-electron chi connectivity index (χ2n) is 9.72. The van der Waals surface area contributed by atoms with Gasteiger partial charge < -0.3 is 20.1 Å². The van der Waals surface area contributed by atoms with Gasteiger partial charge in [0.1, 0.15) is 11.3 Å². The van der Waals surface area contributed by atoms with Gasteiger partial charge in [0, 0.05) is 55.2 Å². The number of aromatic nitrogens is 3. The van der Waals surface area contributed by atoms with Crippen LogP contribution in [0.3, 0.4) is 0 Å². The van der Waals surface area contributed by atoms with E-state index in [-0.39, 0.29) is 28.9 Å². The summed E-state index contributed by atoms with van der Waals surface area (Å²) in [6, 6.07) is 14.0. The standard InChI is InChI=1S/C30H29F3N6O3/c1-19-3-4-20(18-39-11-13-42-14-12-39)15-25(19)37-28(40)21-5-7-22(8-6-21)36-29-35-17-24(30(31,32)33)27(38-29)23-16-34-10-9-26(23)41-2/h3-10,15-17H,11-14,18H2,1-2H3,(H,37,40)(H,35,36,38). The monoisotopic (exact) mass is 578 g/mol. The Morgan fingerprint density at radius 3 is 2.55 bits per heavy atom. The highest BCUT2D eigenvalue weighted by Crippen LogP contribution is 2.39. The minimum Gasteiger partial charge on any atom is -0.496 e. The van der Waals surface area contributed by atoms with Gasteiger partial charge in [-0.1, -0.05) is 12.1 Å². The van der Waals surface area contributed by atoms with Gasteiger partial charge in [-0.3, -0.25) is 14.7 Å². The maximum atomic E-state index is 13.8. The molecule has 2 aromatic heterocycles. The molecule has 1 fully saturated rings. The van der Waals surface area contributed by atoms with Crippen LogP contribution in [0.5, 0.6) is 5.75 Å². The first-order chi connectivity index (χ1) is 20.2. The number of alkyl halides is 3. The lowest BCUT2D eigenvalue weighted by Gasteiger charge is -2.26. The topological polar surface area (TPSA) is 102 Å². The number of carbonyl (C=O) groups is 1. The second kappa shape index (κ2) is 12.5. The van der Waals surface area contributed by atoms with Crippen molar-refractivity contribution in [2.75, 3.05) is 44.0 Å². The molecule has 0 aliphatic carbocycles. The number of ether oxygens (including phenoxy) is 2. The molecule has 218 valence electrons. The summed E-state index contributed by atoms with van der Waals surface area (Å²) < 4.78 is 51.9. The lowest BCUT2D eigenvalue weighted by Crippen LogP contribution is -2.35. The van der Waals surface area contributed by atoms with Crippen LogP contribution in [0.1, 0.15) is 27.0 Å². The van der Waals surface area contributed by atoms with Gasteiger partial charge in [-0.05, 0) is 54.4 Å². The molecule has 3 heterocycles. The van der Waals surface area contributed by atoms with Crippen LogP contribution in [-0.2, 0) is 17.5 Å². The molecular weight excluding hydrogens is 549 g/mol. The molecule has 2 aromatic carbocycles. The molecule has 1 aliphatic heterocycles. The van der Waals surface area contributed by atoms with Gasteiger partial charge >= 0.3 is 6.18 Å². The number of rotatable bonds is 8. The summed E-state index contributed by atoms with van der Waals surface area (Å²) in [7, 11) is 1.35. The summed E-state index contributed by atoms with van der Waals surface area (Å²) in [4.78, 5) is 27.3. The van der Waals surface area contributed by atoms with Crippen molar-refractivity contribution in [2.24, 2.45) is 0 Å². The molecule has 0 spiro atoms. The van der Waals surface area contributed by atoms with Crippen LogP contribution in [0.25, 0.3) is 11.3 Å². The lowest BCUT2D eigenvalue weighted by molar-refractivity contribution is -0.137. The first-order valence-electron chi connectivity index (χ1n) is 13.2. The number of aryl methyl sites for hydroxylation is 1. The third-order valence-corrected chi connectivity index (χ3v) is 6.81. The van der Waals surface area contributed by atoms with Gasteiger partial charge in [-0.15, -0.1) is 0 Å². The van der Waals surface area contributed by atoms with Crippen molar-refractivity contribution in [3.05, 3.63) is 89.4 Å². The van der Waals surface area contributed by atoms with Crippen LogP contribution >= 0.6 is 0 Å². The third-order valence-electron chi connectivity index (χ3n) is 6.81. The first kappa shape index (κ1) is 29.0. The van der Waals surface area contributed by atoms with E-state index in [2.05, 4.69) is 36.6 Å². The summed E-state index contributed by atoms with van der Waals surface area (Å²) in [6.45, 7) is 5.87. The number of carbonyl (C=O) groups excluding carboxylic acids is 1. The Hall–Kier alpha value is -4.55. The van der Waals surface area contributed by atoms with E-state index >= 15 is 0 Å². The van der Waals surface area contributed by atoms with Crippen LogP contribution in [-0.4, -0.2) is 59.2 Å². The van der Waals surface area contributed by atoms with Gasteiger partial charge in [0.2, 0.25) is 5.95 Å². The number of halogens is 3. The molecule has 1 amide bonds. The zero-order chi connectivity index (χ0) is 29.7. The predicted molar refractivity (Wildman–Crippen MR) is 152 cm³/mol. The zero-order valence-electron chi connectivity index (χ0n) is 23.0. The highest BCUT2D eigenvalue weighted by molar-refractivity contribution is 6.04. The zero-order valence-corrected chi connectivity index (χ0v) is 23.0. The molecule has 2 N–H and O–H groups in total. The number of anilines is 3. The molecule has 0 bridgehead atoms. The Balaban J connectivity index is 1.31. The predicted octanol–water partition coefficient (Wildman–Crippen LogP) is 5.70. The molecule has 0 unspecified atom stereocenters. The molecular formula is C30H29F3N6O3. The number of morpholine rings is 1. The molecule has 0 radical (unpaired) electrons. The van der Waals surface area contributed by atoms with E-state index in [1.807, 2.05) is 19.1 Å². The molecule has 1 aliphatic rings. The third kappa shape index (κ3) is 6.84. The van der Waals surface area contributed by atoms with Crippen LogP contribution < -0.4 is 15.4 Å². The van der Waals surface area contributed by atoms with E-state index in [4.69, 9.17) is 9.47 Å². The van der Waals surface area contributed by atoms with E-state index in [1.165, 1.54) is 25.6 Å². The second-order valence-corrected chi connectivity index (χ2v) is 9.72. The Morgan fingerprint density at radius 1 is 1.07 bits per heavy atom. The smallest absolute Gasteiger partial charge is 0.420 e. The van der Waals surface area contributed by atoms with Crippen molar-refractivity contribution in [3.8, 4) is 17.0 Å². The van der Waals surface area contributed by atoms with Crippen molar-refractivity contribution >= 4 is 23.2 Å². The molecule has 1 saturated heterocycles. The average Bonchev–Trinajstić information content (AvgIpc) is 2.99. The number of amides is 1. The summed E-state index contributed by atoms with van der Waals surface area (Å²) >= 11 is 0. The van der Waals surface area contributed by atoms with Crippen molar-refractivity contribution in [2.45, 2.75) is 19.6 Å². The van der Waals surface area contributed by atoms with E-state index in [1.54, 1.807) is 24.3 Å². The largest absolute Gasteiger partial charge is 0.496 e. The summed E-state index contributed by atoms with van der Waals surface area (Å²) in [5, 5.41) is 5.88. The van der Waals surface area contributed by atoms with Crippen LogP contribution in [0, 0.1) is 6.92 Å². The maximum Gasteiger partial charge on any atom is 0.420 e. The highest BCUT2D eigenvalue weighted by atomic mass is 19.4. The average molecular weight is 579 g/mol. The van der Waals surface area contributed by atoms with Gasteiger partial charge in [-0.2, -0.15) is 13.2 Å². The molecule has 4 aromatic rings. The van der Waals surface area contributed by atoms with E-state index in [0.717, 1.165) is 36.4 Å². The van der Waals surface area contributed by atoms with E-state index < -0.39 is 11.7 Å². The fraction of sp³-hybridized carbons (Fsp3) is 0.267. The summed E-state index contributed by atoms with van der Waals surface area (Å²) in [5.41, 5.74) is 2.35. The summed E-state index contributed by atoms with van der Waals surface area (Å²) in [5.74, 6) is -0.156. The molecule has 0 saturated carbocycles. The number of nitrogens with zero attached hydrogens (tertiary/aromatic N) is 4. The molecule has 5 rings (SSSR count). The number of hydrogen-bond acceptors (Lipinski definition) is 8. The van der Waals surface area contributed by atoms with Gasteiger partial charge in [0.25, 0.3) is 5.91 Å². The number of nitrogens with one attached hydrogen (secondary N) is 2. The highest BCUT2D eigenvalue weighted by Gasteiger charge is 2.36. The van der Waals surface area contributed by atoms with Gasteiger partial charge in [0.05, 0.1) is 31.6 Å². The van der Waals surface area contributed by atoms with Crippen molar-refractivity contribution < 1.29 is 27.4 Å². The fourth-order valence-electron chi connectivity index (χ4n) is 4.54. The quantitative estimate of drug-likeness (QED) is 0.275. The first-order valence-corrected chi connectivity index (χ1v) is 13.2. The van der Waals surface area contributed by atoms with Crippen molar-refractivity contribution in [1.82, 2.24) is 19.9 Å². The molecule has 0 atom stereocenters. The van der Waals surface area contributed by atoms with Crippen molar-refractivity contribution in [3.63, 3.8) is 0 Å². The Labute approximate surface area is 240 Å². The fourth-order valence-corrected chi connectivity index (χ4v) is 4.54. The number of pyridine rings is 1. The number of hydrogen-bond donors (Lipinski definition) is 2. The van der Waals surface area contributed by atoms with Crippen LogP contribution in [0.4, 0.5) is 30.5 Å². The van der Waals surface area contributed by atoms with Crippen LogP contribution in [0.2, 0.25) is 0 Å². The normalized spacial score (nSPS) is 13.9. The number of methoxy groups -OCH3 is 1. The van der Waals surface area contributed by atoms with E-state index in [0.29, 0.717) is 30.7 Å². The Morgan fingerprint density at radius 2 is 1.83 bits per heavy atom. The SMILES string of the molecule is COc1ccncc1-c1nc(Nc2ccc(C(=O)Nc3cc(CN4CCOCC4)ccc3C)cc2)ncc1C(F)(F)F. The van der Waals surface area contributed by atoms with Crippen molar-refractivity contribution in [1.29, 1.82) is 0 Å². The Kier molecular flexibility index (Phi) is 8.64. The minimum absolute atomic E-state index is 0.0613. The van der Waals surface area contributed by atoms with E-state index in [9.17, 15) is 18.0 Å². The van der Waals surface area contributed by atoms with Gasteiger partial charge in [-0.25, -0.2) is 9.97 Å². The van der Waals surface area contributed by atoms with Crippen LogP contribution in [0.15, 0.2) is 67.1 Å². The maximum absolute atomic E-state index is 13.8. The minimum atomic E-state index is -4.69. The summed E-state index contributed by atoms with van der Waals surface area (Å²) in [6.07, 6.45) is -1.30. The lowest BCUT2D eigenvalue weighted by atomic mass is 10.1. The van der Waals surface area contributed by atoms with Gasteiger partial charge in [0.15, 0.2) is 0 Å². The molecule has 9 nitrogen and oxygen atoms in total. The Bertz CT molecular complexity index is 1560. The number of benzene rings is 2. The molecule has 42 heavy (non-hydrogen) atoms.